The first-order valence-corrected chi connectivity index (χ1v) is 9.83. The van der Waals surface area contributed by atoms with Crippen molar-refractivity contribution in [3.8, 4) is 0 Å². The predicted octanol–water partition coefficient (Wildman–Crippen LogP) is 1.29. The second-order valence-corrected chi connectivity index (χ2v) is 7.09. The van der Waals surface area contributed by atoms with Crippen molar-refractivity contribution in [2.45, 2.75) is 31.8 Å². The zero-order chi connectivity index (χ0) is 20.9. The fourth-order valence-corrected chi connectivity index (χ4v) is 3.42. The van der Waals surface area contributed by atoms with E-state index in [0.29, 0.717) is 24.4 Å². The minimum Gasteiger partial charge on any atom is -0.349 e. The first kappa shape index (κ1) is 19.6. The summed E-state index contributed by atoms with van der Waals surface area (Å²) in [6, 6.07) is 14.2. The molecule has 1 fully saturated rings. The molecule has 9 nitrogen and oxygen atoms in total. The minimum absolute atomic E-state index is 0.125. The number of carbonyl (C=O) groups is 3. The van der Waals surface area contributed by atoms with Crippen LogP contribution in [0.3, 0.4) is 0 Å². The van der Waals surface area contributed by atoms with Gasteiger partial charge in [0.25, 0.3) is 5.91 Å². The Labute approximate surface area is 173 Å². The van der Waals surface area contributed by atoms with E-state index in [1.807, 2.05) is 54.7 Å². The molecule has 30 heavy (non-hydrogen) atoms. The maximum absolute atomic E-state index is 12.5. The van der Waals surface area contributed by atoms with E-state index in [4.69, 9.17) is 0 Å². The van der Waals surface area contributed by atoms with Crippen LogP contribution in [0.25, 0.3) is 5.65 Å². The molecule has 0 saturated carbocycles. The van der Waals surface area contributed by atoms with Crippen LogP contribution < -0.4 is 10.6 Å². The van der Waals surface area contributed by atoms with Gasteiger partial charge in [-0.25, -0.2) is 4.79 Å². The summed E-state index contributed by atoms with van der Waals surface area (Å²) in [6.45, 7) is 0.551. The topological polar surface area (TPSA) is 109 Å². The Hall–Kier alpha value is -3.75. The highest BCUT2D eigenvalue weighted by molar-refractivity contribution is 6.04. The van der Waals surface area contributed by atoms with E-state index < -0.39 is 12.1 Å². The van der Waals surface area contributed by atoms with Gasteiger partial charge in [0.05, 0.1) is 6.54 Å². The number of pyridine rings is 1. The van der Waals surface area contributed by atoms with Crippen LogP contribution in [0.4, 0.5) is 4.79 Å². The Morgan fingerprint density at radius 2 is 1.87 bits per heavy atom. The molecule has 0 unspecified atom stereocenters. The van der Waals surface area contributed by atoms with Crippen LogP contribution in [0.5, 0.6) is 0 Å². The lowest BCUT2D eigenvalue weighted by Crippen LogP contribution is -2.34. The highest BCUT2D eigenvalue weighted by Gasteiger charge is 2.37. The van der Waals surface area contributed by atoms with Gasteiger partial charge in [0.2, 0.25) is 5.91 Å². The van der Waals surface area contributed by atoms with Gasteiger partial charge >= 0.3 is 6.03 Å². The van der Waals surface area contributed by atoms with Crippen LogP contribution >= 0.6 is 0 Å². The third-order valence-electron chi connectivity index (χ3n) is 5.06. The standard InChI is InChI=1S/C21H22N6O3/c28-19(22-14-18-25-24-17-8-4-5-12-26(17)18)10-9-16-20(29)27(21(30)23-16)13-11-15-6-2-1-3-7-15/h1-8,12,16H,9-11,13-14H2,(H,22,28)(H,23,30)/t16-/m0/s1. The average molecular weight is 406 g/mol. The van der Waals surface area contributed by atoms with E-state index in [1.165, 1.54) is 4.90 Å². The Morgan fingerprint density at radius 3 is 2.70 bits per heavy atom. The number of benzene rings is 1. The van der Waals surface area contributed by atoms with Crippen molar-refractivity contribution < 1.29 is 14.4 Å². The third-order valence-corrected chi connectivity index (χ3v) is 5.06. The number of hydrogen-bond acceptors (Lipinski definition) is 5. The van der Waals surface area contributed by atoms with Crippen LogP contribution in [-0.2, 0) is 22.6 Å². The van der Waals surface area contributed by atoms with E-state index in [9.17, 15) is 14.4 Å². The molecule has 154 valence electrons. The number of nitrogens with one attached hydrogen (secondary N) is 2. The molecule has 0 aliphatic carbocycles. The second kappa shape index (κ2) is 8.73. The number of rotatable bonds is 8. The van der Waals surface area contributed by atoms with Gasteiger partial charge in [-0.1, -0.05) is 36.4 Å². The van der Waals surface area contributed by atoms with Crippen molar-refractivity contribution in [3.63, 3.8) is 0 Å². The smallest absolute Gasteiger partial charge is 0.324 e. The van der Waals surface area contributed by atoms with Crippen LogP contribution in [0.15, 0.2) is 54.7 Å². The molecule has 4 amide bonds. The summed E-state index contributed by atoms with van der Waals surface area (Å²) in [6.07, 6.45) is 2.80. The van der Waals surface area contributed by atoms with Crippen molar-refractivity contribution in [2.24, 2.45) is 0 Å². The van der Waals surface area contributed by atoms with E-state index in [2.05, 4.69) is 20.8 Å². The number of amides is 4. The van der Waals surface area contributed by atoms with Crippen LogP contribution in [0, 0.1) is 0 Å². The molecular weight excluding hydrogens is 384 g/mol. The van der Waals surface area contributed by atoms with Crippen molar-refractivity contribution in [2.75, 3.05) is 6.54 Å². The summed E-state index contributed by atoms with van der Waals surface area (Å²) in [5.74, 6) is 0.121. The highest BCUT2D eigenvalue weighted by Crippen LogP contribution is 2.13. The summed E-state index contributed by atoms with van der Waals surface area (Å²) in [5, 5.41) is 13.6. The third kappa shape index (κ3) is 4.29. The fourth-order valence-electron chi connectivity index (χ4n) is 3.42. The Balaban J connectivity index is 1.24. The summed E-state index contributed by atoms with van der Waals surface area (Å²) < 4.78 is 1.80. The number of carbonyl (C=O) groups excluding carboxylic acids is 3. The van der Waals surface area contributed by atoms with Gasteiger partial charge in [-0.2, -0.15) is 0 Å². The molecule has 3 aromatic rings. The molecule has 1 atom stereocenters. The lowest BCUT2D eigenvalue weighted by Gasteiger charge is -2.13. The molecule has 0 spiro atoms. The molecular formula is C21H22N6O3. The van der Waals surface area contributed by atoms with Crippen LogP contribution in [-0.4, -0.2) is 49.9 Å². The lowest BCUT2D eigenvalue weighted by atomic mass is 10.1. The maximum Gasteiger partial charge on any atom is 0.324 e. The van der Waals surface area contributed by atoms with Gasteiger partial charge in [0.1, 0.15) is 6.04 Å². The molecule has 3 heterocycles. The summed E-state index contributed by atoms with van der Waals surface area (Å²) >= 11 is 0. The van der Waals surface area contributed by atoms with E-state index in [0.717, 1.165) is 5.56 Å². The largest absolute Gasteiger partial charge is 0.349 e. The van der Waals surface area contributed by atoms with Crippen LogP contribution in [0.2, 0.25) is 0 Å². The predicted molar refractivity (Wildman–Crippen MR) is 108 cm³/mol. The molecule has 4 rings (SSSR count). The molecule has 0 bridgehead atoms. The van der Waals surface area contributed by atoms with Crippen LogP contribution in [0.1, 0.15) is 24.2 Å². The molecule has 2 N–H and O–H groups in total. The molecule has 9 heteroatoms. The Kier molecular flexibility index (Phi) is 5.69. The van der Waals surface area contributed by atoms with E-state index in [1.54, 1.807) is 4.40 Å². The van der Waals surface area contributed by atoms with E-state index in [-0.39, 0.29) is 31.2 Å². The van der Waals surface area contributed by atoms with Gasteiger partial charge < -0.3 is 10.6 Å². The number of aromatic nitrogens is 3. The number of urea groups is 1. The number of hydrogen-bond donors (Lipinski definition) is 2. The van der Waals surface area contributed by atoms with Crippen molar-refractivity contribution in [3.05, 3.63) is 66.1 Å². The molecule has 1 aliphatic rings. The van der Waals surface area contributed by atoms with Gasteiger partial charge in [-0.05, 0) is 30.5 Å². The summed E-state index contributed by atoms with van der Waals surface area (Å²) in [7, 11) is 0. The molecule has 1 saturated heterocycles. The Morgan fingerprint density at radius 1 is 1.07 bits per heavy atom. The van der Waals surface area contributed by atoms with Gasteiger partial charge in [-0.15, -0.1) is 10.2 Å². The average Bonchev–Trinajstić information content (AvgIpc) is 3.30. The normalized spacial score (nSPS) is 16.1. The quantitative estimate of drug-likeness (QED) is 0.548. The number of nitrogens with zero attached hydrogens (tertiary/aromatic N) is 4. The van der Waals surface area contributed by atoms with Gasteiger partial charge in [-0.3, -0.25) is 18.9 Å². The molecule has 1 aliphatic heterocycles. The van der Waals surface area contributed by atoms with Gasteiger partial charge in [0.15, 0.2) is 11.5 Å². The Bertz CT molecular complexity index is 1060. The monoisotopic (exact) mass is 406 g/mol. The second-order valence-electron chi connectivity index (χ2n) is 7.09. The fraction of sp³-hybridized carbons (Fsp3) is 0.286. The first-order chi connectivity index (χ1) is 14.6. The van der Waals surface area contributed by atoms with Crippen molar-refractivity contribution >= 4 is 23.5 Å². The molecule has 2 aromatic heterocycles. The zero-order valence-corrected chi connectivity index (χ0v) is 16.3. The van der Waals surface area contributed by atoms with E-state index >= 15 is 0 Å². The summed E-state index contributed by atoms with van der Waals surface area (Å²) in [4.78, 5) is 38.1. The molecule has 1 aromatic carbocycles. The molecule has 0 radical (unpaired) electrons. The number of imide groups is 1. The number of fused-ring (bicyclic) bond motifs is 1. The minimum atomic E-state index is -0.673. The zero-order valence-electron chi connectivity index (χ0n) is 16.3. The first-order valence-electron chi connectivity index (χ1n) is 9.83. The maximum atomic E-state index is 12.5. The van der Waals surface area contributed by atoms with Gasteiger partial charge in [0, 0.05) is 19.2 Å². The highest BCUT2D eigenvalue weighted by atomic mass is 16.2. The van der Waals surface area contributed by atoms with Crippen molar-refractivity contribution in [1.82, 2.24) is 30.1 Å². The lowest BCUT2D eigenvalue weighted by molar-refractivity contribution is -0.127. The SMILES string of the molecule is O=C(CC[C@@H]1NC(=O)N(CCc2ccccc2)C1=O)NCc1nnc2ccccn12. The van der Waals surface area contributed by atoms with Crippen molar-refractivity contribution in [1.29, 1.82) is 0 Å². The summed E-state index contributed by atoms with van der Waals surface area (Å²) in [5.41, 5.74) is 1.76.